The van der Waals surface area contributed by atoms with Crippen molar-refractivity contribution in [2.45, 2.75) is 210 Å². The Kier molecular flexibility index (Phi) is 27.4. The van der Waals surface area contributed by atoms with Crippen LogP contribution in [-0.2, 0) is 38.4 Å². The van der Waals surface area contributed by atoms with Gasteiger partial charge in [0.2, 0.25) is 47.3 Å². The Morgan fingerprint density at radius 1 is 0.720 bits per heavy atom. The van der Waals surface area contributed by atoms with Crippen LogP contribution in [0, 0.1) is 18.8 Å². The second kappa shape index (κ2) is 33.0. The molecule has 0 saturated carbocycles. The first-order valence-corrected chi connectivity index (χ1v) is 28.2. The normalized spacial score (nSPS) is 27.3. The molecular formula is C56H87N9O17. The van der Waals surface area contributed by atoms with Gasteiger partial charge in [0.1, 0.15) is 60.3 Å². The molecule has 3 aliphatic rings. The van der Waals surface area contributed by atoms with Crippen LogP contribution in [0.3, 0.4) is 0 Å². The summed E-state index contributed by atoms with van der Waals surface area (Å²) in [6, 6.07) is -3.43. The average Bonchev–Trinajstić information content (AvgIpc) is 4.04. The molecule has 26 heteroatoms. The van der Waals surface area contributed by atoms with E-state index in [1.807, 2.05) is 19.1 Å². The topological polar surface area (TPSA) is 424 Å². The van der Waals surface area contributed by atoms with Gasteiger partial charge in [-0.3, -0.25) is 43.3 Å². The second-order valence-corrected chi connectivity index (χ2v) is 22.1. The number of aryl methyl sites for hydroxylation is 1. The van der Waals surface area contributed by atoms with E-state index in [0.717, 1.165) is 74.6 Å². The minimum Gasteiger partial charge on any atom is -0.508 e. The number of phenolic OH excluding ortho intramolecular Hbond substituents is 1. The number of amides is 8. The molecular weight excluding hydrogens is 1070 g/mol. The van der Waals surface area contributed by atoms with Gasteiger partial charge in [-0.2, -0.15) is 0 Å². The van der Waals surface area contributed by atoms with Gasteiger partial charge in [-0.15, -0.1) is 0 Å². The lowest BCUT2D eigenvalue weighted by Crippen LogP contribution is -2.64. The third kappa shape index (κ3) is 20.5. The lowest BCUT2D eigenvalue weighted by atomic mass is 9.91. The van der Waals surface area contributed by atoms with Gasteiger partial charge in [-0.1, -0.05) is 77.8 Å². The molecule has 10 unspecified atom stereocenters. The molecule has 3 saturated heterocycles. The number of aromatic nitrogens is 1. The maximum absolute atomic E-state index is 14.4. The summed E-state index contributed by atoms with van der Waals surface area (Å²) < 4.78 is 0. The number of carbonyl (C=O) groups excluding carboxylic acids is 8. The summed E-state index contributed by atoms with van der Waals surface area (Å²) in [5, 5.41) is 110. The third-order valence-corrected chi connectivity index (χ3v) is 15.2. The molecule has 0 bridgehead atoms. The van der Waals surface area contributed by atoms with E-state index in [4.69, 9.17) is 5.73 Å². The number of fused-ring (bicyclic) bond motifs is 2. The quantitative estimate of drug-likeness (QED) is 0.0641. The molecule has 1 aromatic heterocycles. The van der Waals surface area contributed by atoms with Crippen LogP contribution >= 0.6 is 0 Å². The Balaban J connectivity index is 0.00000191. The molecule has 5 rings (SSSR count). The average molecular weight is 1160 g/mol. The van der Waals surface area contributed by atoms with Crippen LogP contribution in [0.4, 0.5) is 0 Å². The van der Waals surface area contributed by atoms with Crippen molar-refractivity contribution in [1.29, 1.82) is 0 Å². The number of aliphatic hydroxyl groups is 8. The highest BCUT2D eigenvalue weighted by Gasteiger charge is 2.49. The highest BCUT2D eigenvalue weighted by atomic mass is 16.3. The van der Waals surface area contributed by atoms with E-state index < -0.39 is 165 Å². The summed E-state index contributed by atoms with van der Waals surface area (Å²) >= 11 is 0. The highest BCUT2D eigenvalue weighted by molar-refractivity contribution is 5.98. The molecule has 82 heavy (non-hydrogen) atoms. The Bertz CT molecular complexity index is 2410. The number of unbranched alkanes of at least 4 members (excludes halogenated alkanes) is 5. The Labute approximate surface area is 477 Å². The van der Waals surface area contributed by atoms with Gasteiger partial charge in [0.25, 0.3) is 0 Å². The van der Waals surface area contributed by atoms with Crippen LogP contribution in [0.25, 0.3) is 0 Å². The first-order valence-electron chi connectivity index (χ1n) is 28.2. The summed E-state index contributed by atoms with van der Waals surface area (Å²) in [4.78, 5) is 116. The van der Waals surface area contributed by atoms with Crippen molar-refractivity contribution in [3.8, 4) is 5.75 Å². The standard InChI is InChI=1S/C50H80N8O17.C6H7N/c1-5-25(2)20-26(3)12-10-8-6-7-9-11-13-37(66)52-31-22-35(64)46(71)56-48(73)41-33(62)18-19-57(41)50(75)39(34(63)23-36(51)65)54-47(72)40(43(68)42(67)28-14-16-29(60)17-15-28)55-45(70)32-21-30(61)24-58(32)49(74)38(27(4)59)53-44(31)69;1-6-2-4-7-5-3-6/h14-17,25-27,30-35,38-43,46,59-64,67-68,71H,5-13,18-24H2,1-4H3,(H2,51,65)(H,52,66)(H,53,69)(H,54,72)(H,55,70)(H,56,73);2-5H,1H3/t25?,26?,27-,30-,31?,32?,33+,34-,35-,38?,39?,40?,41?,42+,43?,46?;/m1./s1. The van der Waals surface area contributed by atoms with Crippen LogP contribution in [0.2, 0.25) is 0 Å². The van der Waals surface area contributed by atoms with Gasteiger partial charge < -0.3 is 88.1 Å². The minimum atomic E-state index is -2.36. The number of rotatable bonds is 20. The Morgan fingerprint density at radius 2 is 1.32 bits per heavy atom. The van der Waals surface area contributed by atoms with E-state index in [0.29, 0.717) is 29.6 Å². The number of hydrogen-bond donors (Lipinski definition) is 15. The number of pyridine rings is 1. The predicted molar refractivity (Wildman–Crippen MR) is 294 cm³/mol. The fourth-order valence-corrected chi connectivity index (χ4v) is 10.2. The Hall–Kier alpha value is -6.39. The largest absolute Gasteiger partial charge is 0.508 e. The van der Waals surface area contributed by atoms with Crippen LogP contribution in [0.15, 0.2) is 48.8 Å². The molecule has 3 fully saturated rings. The van der Waals surface area contributed by atoms with E-state index in [1.54, 1.807) is 12.4 Å². The first kappa shape index (κ1) is 68.1. The van der Waals surface area contributed by atoms with Gasteiger partial charge in [-0.25, -0.2) is 0 Å². The zero-order valence-corrected chi connectivity index (χ0v) is 47.4. The molecule has 458 valence electrons. The molecule has 1 aromatic carbocycles. The molecule has 26 nitrogen and oxygen atoms in total. The van der Waals surface area contributed by atoms with Crippen LogP contribution in [0.1, 0.15) is 135 Å². The van der Waals surface area contributed by atoms with Crippen LogP contribution < -0.4 is 32.3 Å². The SMILES string of the molecule is CCC(C)CC(C)CCCCCCCCC(=O)NC1C[C@@H](O)C(O)NC(=O)C2[C@@H](O)CCN2C(=O)C([C@H](O)CC(N)=O)NC(=O)C(C(O)[C@@H](O)c2ccc(O)cc2)NC(=O)C2C[C@@H](O)CN2C(=O)C([C@@H](C)O)NC1=O.Cc1ccncc1. The predicted octanol–water partition coefficient (Wildman–Crippen LogP) is -1.95. The summed E-state index contributed by atoms with van der Waals surface area (Å²) in [6.45, 7) is 8.80. The highest BCUT2D eigenvalue weighted by Crippen LogP contribution is 2.27. The molecule has 2 aromatic rings. The van der Waals surface area contributed by atoms with Gasteiger partial charge in [-0.05, 0) is 80.3 Å². The molecule has 4 heterocycles. The molecule has 16 atom stereocenters. The second-order valence-electron chi connectivity index (χ2n) is 22.1. The first-order chi connectivity index (χ1) is 38.7. The number of hydrogen-bond acceptors (Lipinski definition) is 18. The minimum absolute atomic E-state index is 0.0795. The fraction of sp³-hybridized carbons (Fsp3) is 0.661. The lowest BCUT2D eigenvalue weighted by Gasteiger charge is -2.34. The molecule has 8 amide bonds. The number of carbonyl (C=O) groups is 8. The Morgan fingerprint density at radius 3 is 1.91 bits per heavy atom. The summed E-state index contributed by atoms with van der Waals surface area (Å²) in [6.07, 6.45) is -6.59. The maximum Gasteiger partial charge on any atom is 0.248 e. The number of primary amides is 1. The van der Waals surface area contributed by atoms with Crippen LogP contribution in [0.5, 0.6) is 5.75 Å². The summed E-state index contributed by atoms with van der Waals surface area (Å²) in [7, 11) is 0. The van der Waals surface area contributed by atoms with Crippen molar-refractivity contribution < 1.29 is 84.3 Å². The fourth-order valence-electron chi connectivity index (χ4n) is 10.2. The number of benzene rings is 1. The summed E-state index contributed by atoms with van der Waals surface area (Å²) in [5.41, 5.74) is 6.47. The van der Waals surface area contributed by atoms with E-state index in [9.17, 15) is 84.3 Å². The van der Waals surface area contributed by atoms with Gasteiger partial charge in [0.05, 0.1) is 30.8 Å². The third-order valence-electron chi connectivity index (χ3n) is 15.2. The molecule has 16 N–H and O–H groups in total. The van der Waals surface area contributed by atoms with Gasteiger partial charge >= 0.3 is 0 Å². The van der Waals surface area contributed by atoms with Crippen molar-refractivity contribution in [2.24, 2.45) is 17.6 Å². The van der Waals surface area contributed by atoms with E-state index in [1.165, 1.54) is 12.0 Å². The number of nitrogens with one attached hydrogen (secondary N) is 5. The number of nitrogens with two attached hydrogens (primary N) is 1. The summed E-state index contributed by atoms with van der Waals surface area (Å²) in [5.74, 6) is -8.59. The van der Waals surface area contributed by atoms with Crippen molar-refractivity contribution in [1.82, 2.24) is 41.4 Å². The van der Waals surface area contributed by atoms with Crippen molar-refractivity contribution in [3.05, 3.63) is 59.9 Å². The van der Waals surface area contributed by atoms with Gasteiger partial charge in [0, 0.05) is 44.7 Å². The van der Waals surface area contributed by atoms with E-state index in [2.05, 4.69) is 52.3 Å². The lowest BCUT2D eigenvalue weighted by molar-refractivity contribution is -0.149. The maximum atomic E-state index is 14.4. The smallest absolute Gasteiger partial charge is 0.248 e. The zero-order valence-electron chi connectivity index (χ0n) is 47.4. The van der Waals surface area contributed by atoms with Crippen molar-refractivity contribution in [3.63, 3.8) is 0 Å². The molecule has 0 spiro atoms. The monoisotopic (exact) mass is 1160 g/mol. The number of aliphatic hydroxyl groups excluding tert-OH is 8. The number of nitrogens with zero attached hydrogens (tertiary/aromatic N) is 3. The van der Waals surface area contributed by atoms with Crippen molar-refractivity contribution >= 4 is 47.3 Å². The molecule has 3 aliphatic heterocycles. The molecule has 0 radical (unpaired) electrons. The van der Waals surface area contributed by atoms with Gasteiger partial charge in [0.15, 0.2) is 6.23 Å². The number of phenols is 1. The van der Waals surface area contributed by atoms with E-state index in [-0.39, 0.29) is 24.2 Å². The zero-order chi connectivity index (χ0) is 61.0. The van der Waals surface area contributed by atoms with E-state index >= 15 is 0 Å². The molecule has 0 aliphatic carbocycles. The van der Waals surface area contributed by atoms with Crippen LogP contribution in [-0.4, -0.2) is 200 Å². The number of aromatic hydroxyl groups is 1. The van der Waals surface area contributed by atoms with Crippen molar-refractivity contribution in [2.75, 3.05) is 13.1 Å².